The Morgan fingerprint density at radius 2 is 2.18 bits per heavy atom. The SMILES string of the molecule is CC(C)[CH]c1cncc(Br)c1. The third kappa shape index (κ3) is 3.02. The highest BCUT2D eigenvalue weighted by atomic mass is 79.9. The molecule has 0 unspecified atom stereocenters. The predicted molar refractivity (Wildman–Crippen MR) is 50.2 cm³/mol. The minimum atomic E-state index is 0.575. The summed E-state index contributed by atoms with van der Waals surface area (Å²) in [6, 6.07) is 2.06. The highest BCUT2D eigenvalue weighted by molar-refractivity contribution is 9.10. The van der Waals surface area contributed by atoms with Crippen molar-refractivity contribution in [3.05, 3.63) is 34.9 Å². The lowest BCUT2D eigenvalue weighted by Gasteiger charge is -2.02. The Morgan fingerprint density at radius 1 is 1.45 bits per heavy atom. The number of rotatable bonds is 2. The van der Waals surface area contributed by atoms with Crippen molar-refractivity contribution in [2.75, 3.05) is 0 Å². The van der Waals surface area contributed by atoms with E-state index in [9.17, 15) is 0 Å². The van der Waals surface area contributed by atoms with Crippen LogP contribution in [0.3, 0.4) is 0 Å². The molecule has 0 N–H and O–H groups in total. The van der Waals surface area contributed by atoms with E-state index in [1.165, 1.54) is 5.56 Å². The first-order valence-corrected chi connectivity index (χ1v) is 4.43. The number of hydrogen-bond acceptors (Lipinski definition) is 1. The topological polar surface area (TPSA) is 12.9 Å². The summed E-state index contributed by atoms with van der Waals surface area (Å²) in [5, 5.41) is 0. The average Bonchev–Trinajstić information content (AvgIpc) is 1.85. The number of nitrogens with zero attached hydrogens (tertiary/aromatic N) is 1. The summed E-state index contributed by atoms with van der Waals surface area (Å²) < 4.78 is 1.03. The van der Waals surface area contributed by atoms with Crippen molar-refractivity contribution in [1.29, 1.82) is 0 Å². The molecule has 0 spiro atoms. The Kier molecular flexibility index (Phi) is 3.06. The molecule has 0 saturated heterocycles. The first-order valence-electron chi connectivity index (χ1n) is 3.64. The fraction of sp³-hybridized carbons (Fsp3) is 0.333. The van der Waals surface area contributed by atoms with Crippen LogP contribution in [0, 0.1) is 12.3 Å². The minimum absolute atomic E-state index is 0.575. The molecule has 11 heavy (non-hydrogen) atoms. The predicted octanol–water partition coefficient (Wildman–Crippen LogP) is 3.05. The van der Waals surface area contributed by atoms with Gasteiger partial charge in [-0.05, 0) is 39.9 Å². The minimum Gasteiger partial charge on any atom is -0.263 e. The smallest absolute Gasteiger partial charge is 0.0410 e. The van der Waals surface area contributed by atoms with Gasteiger partial charge in [-0.1, -0.05) is 13.8 Å². The zero-order valence-corrected chi connectivity index (χ0v) is 8.30. The second-order valence-corrected chi connectivity index (χ2v) is 3.76. The van der Waals surface area contributed by atoms with Gasteiger partial charge >= 0.3 is 0 Å². The van der Waals surface area contributed by atoms with Gasteiger partial charge in [-0.15, -0.1) is 0 Å². The number of pyridine rings is 1. The van der Waals surface area contributed by atoms with Gasteiger partial charge in [-0.2, -0.15) is 0 Å². The maximum atomic E-state index is 4.06. The Balaban J connectivity index is 2.71. The Bertz CT molecular complexity index is 233. The Labute approximate surface area is 76.0 Å². The van der Waals surface area contributed by atoms with E-state index in [0.29, 0.717) is 5.92 Å². The number of halogens is 1. The van der Waals surface area contributed by atoms with Crippen molar-refractivity contribution < 1.29 is 0 Å². The summed E-state index contributed by atoms with van der Waals surface area (Å²) in [5.74, 6) is 0.575. The van der Waals surface area contributed by atoms with Crippen LogP contribution in [0.5, 0.6) is 0 Å². The second kappa shape index (κ2) is 3.86. The Hall–Kier alpha value is -0.370. The van der Waals surface area contributed by atoms with Crippen LogP contribution in [0.25, 0.3) is 0 Å². The van der Waals surface area contributed by atoms with Crippen molar-refractivity contribution in [3.8, 4) is 0 Å². The number of aromatic nitrogens is 1. The molecule has 1 nitrogen and oxygen atoms in total. The average molecular weight is 213 g/mol. The summed E-state index contributed by atoms with van der Waals surface area (Å²) in [5.41, 5.74) is 1.18. The van der Waals surface area contributed by atoms with Gasteiger partial charge in [0.05, 0.1) is 0 Å². The first-order chi connectivity index (χ1) is 5.18. The molecular formula is C9H11BrN. The molecule has 59 valence electrons. The monoisotopic (exact) mass is 212 g/mol. The largest absolute Gasteiger partial charge is 0.263 e. The van der Waals surface area contributed by atoms with Crippen LogP contribution in [0.4, 0.5) is 0 Å². The van der Waals surface area contributed by atoms with Crippen LogP contribution in [-0.2, 0) is 0 Å². The summed E-state index contributed by atoms with van der Waals surface area (Å²) in [4.78, 5) is 4.06. The standard InChI is InChI=1S/C9H11BrN/c1-7(2)3-8-4-9(10)6-11-5-8/h3-7H,1-2H3. The van der Waals surface area contributed by atoms with Gasteiger partial charge in [0.2, 0.25) is 0 Å². The van der Waals surface area contributed by atoms with Crippen LogP contribution >= 0.6 is 15.9 Å². The van der Waals surface area contributed by atoms with Gasteiger partial charge < -0.3 is 0 Å². The van der Waals surface area contributed by atoms with Gasteiger partial charge in [-0.25, -0.2) is 0 Å². The third-order valence-electron chi connectivity index (χ3n) is 1.25. The van der Waals surface area contributed by atoms with E-state index in [0.717, 1.165) is 4.47 Å². The normalized spacial score (nSPS) is 10.5. The molecule has 0 fully saturated rings. The van der Waals surface area contributed by atoms with Crippen molar-refractivity contribution in [1.82, 2.24) is 4.98 Å². The van der Waals surface area contributed by atoms with Crippen molar-refractivity contribution in [2.45, 2.75) is 13.8 Å². The summed E-state index contributed by atoms with van der Waals surface area (Å²) in [6.45, 7) is 4.31. The summed E-state index contributed by atoms with van der Waals surface area (Å²) >= 11 is 3.37. The lowest BCUT2D eigenvalue weighted by atomic mass is 10.1. The van der Waals surface area contributed by atoms with E-state index in [1.807, 2.05) is 6.20 Å². The molecule has 0 amide bonds. The van der Waals surface area contributed by atoms with Gasteiger partial charge in [0.25, 0.3) is 0 Å². The summed E-state index contributed by atoms with van der Waals surface area (Å²) in [6.07, 6.45) is 5.83. The summed E-state index contributed by atoms with van der Waals surface area (Å²) in [7, 11) is 0. The first kappa shape index (κ1) is 8.72. The molecule has 1 rings (SSSR count). The van der Waals surface area contributed by atoms with E-state index in [4.69, 9.17) is 0 Å². The molecule has 0 bridgehead atoms. The van der Waals surface area contributed by atoms with Crippen molar-refractivity contribution >= 4 is 15.9 Å². The Morgan fingerprint density at radius 3 is 2.73 bits per heavy atom. The maximum Gasteiger partial charge on any atom is 0.0410 e. The molecule has 0 aliphatic heterocycles. The quantitative estimate of drug-likeness (QED) is 0.735. The maximum absolute atomic E-state index is 4.06. The molecule has 2 heteroatoms. The van der Waals surface area contributed by atoms with Gasteiger partial charge in [0.1, 0.15) is 0 Å². The molecular weight excluding hydrogens is 202 g/mol. The molecule has 0 aliphatic rings. The van der Waals surface area contributed by atoms with Gasteiger partial charge in [0.15, 0.2) is 0 Å². The zero-order valence-electron chi connectivity index (χ0n) is 6.71. The molecule has 1 aromatic heterocycles. The highest BCUT2D eigenvalue weighted by Crippen LogP contribution is 2.14. The molecule has 1 aromatic rings. The molecule has 0 aliphatic carbocycles. The van der Waals surface area contributed by atoms with Crippen LogP contribution in [-0.4, -0.2) is 4.98 Å². The molecule has 1 heterocycles. The van der Waals surface area contributed by atoms with Crippen LogP contribution in [0.1, 0.15) is 19.4 Å². The van der Waals surface area contributed by atoms with Crippen molar-refractivity contribution in [2.24, 2.45) is 5.92 Å². The fourth-order valence-corrected chi connectivity index (χ4v) is 1.29. The second-order valence-electron chi connectivity index (χ2n) is 2.85. The van der Waals surface area contributed by atoms with E-state index in [1.54, 1.807) is 6.20 Å². The van der Waals surface area contributed by atoms with Crippen LogP contribution in [0.15, 0.2) is 22.9 Å². The van der Waals surface area contributed by atoms with Gasteiger partial charge in [-0.3, -0.25) is 4.98 Å². The van der Waals surface area contributed by atoms with E-state index in [-0.39, 0.29) is 0 Å². The van der Waals surface area contributed by atoms with E-state index >= 15 is 0 Å². The fourth-order valence-electron chi connectivity index (χ4n) is 0.904. The van der Waals surface area contributed by atoms with Crippen molar-refractivity contribution in [3.63, 3.8) is 0 Å². The molecule has 0 atom stereocenters. The third-order valence-corrected chi connectivity index (χ3v) is 1.69. The number of hydrogen-bond donors (Lipinski definition) is 0. The molecule has 0 saturated carbocycles. The molecule has 0 aromatic carbocycles. The lowest BCUT2D eigenvalue weighted by Crippen LogP contribution is -1.91. The zero-order chi connectivity index (χ0) is 8.27. The molecule has 1 radical (unpaired) electrons. The van der Waals surface area contributed by atoms with Crippen LogP contribution < -0.4 is 0 Å². The van der Waals surface area contributed by atoms with E-state index < -0.39 is 0 Å². The van der Waals surface area contributed by atoms with E-state index in [2.05, 4.69) is 47.2 Å². The van der Waals surface area contributed by atoms with Crippen LogP contribution in [0.2, 0.25) is 0 Å². The highest BCUT2D eigenvalue weighted by Gasteiger charge is 1.98. The van der Waals surface area contributed by atoms with Gasteiger partial charge in [0, 0.05) is 16.9 Å². The lowest BCUT2D eigenvalue weighted by molar-refractivity contribution is 0.775.